The Morgan fingerprint density at radius 2 is 1.94 bits per heavy atom. The predicted molar refractivity (Wildman–Crippen MR) is 129 cm³/mol. The Morgan fingerprint density at radius 1 is 1.19 bits per heavy atom. The summed E-state index contributed by atoms with van der Waals surface area (Å²) in [6.45, 7) is 4.29. The maximum Gasteiger partial charge on any atom is 0.262 e. The van der Waals surface area contributed by atoms with Gasteiger partial charge in [-0.15, -0.1) is 5.10 Å². The number of hydrazone groups is 1. The van der Waals surface area contributed by atoms with Crippen LogP contribution in [0.3, 0.4) is 0 Å². The van der Waals surface area contributed by atoms with Gasteiger partial charge < -0.3 is 0 Å². The molecule has 1 saturated heterocycles. The summed E-state index contributed by atoms with van der Waals surface area (Å²) in [5, 5.41) is 5.61. The van der Waals surface area contributed by atoms with Crippen molar-refractivity contribution in [3.05, 3.63) is 64.4 Å². The normalized spacial score (nSPS) is 15.0. The molecule has 2 heterocycles. The van der Waals surface area contributed by atoms with Crippen molar-refractivity contribution < 1.29 is 9.59 Å². The molecule has 1 aliphatic rings. The number of thioether (sulfide) groups is 2. The lowest BCUT2D eigenvalue weighted by atomic mass is 10.2. The fourth-order valence-corrected chi connectivity index (χ4v) is 4.89. The number of benzene rings is 2. The van der Waals surface area contributed by atoms with Crippen LogP contribution in [0.25, 0.3) is 10.9 Å². The molecule has 2 amide bonds. The van der Waals surface area contributed by atoms with Gasteiger partial charge in [-0.05, 0) is 38.1 Å². The number of amides is 2. The van der Waals surface area contributed by atoms with E-state index in [1.165, 1.54) is 28.4 Å². The number of amidine groups is 1. The number of anilines is 1. The predicted octanol–water partition coefficient (Wildman–Crippen LogP) is 2.98. The van der Waals surface area contributed by atoms with E-state index in [0.29, 0.717) is 33.5 Å². The molecule has 8 nitrogen and oxygen atoms in total. The van der Waals surface area contributed by atoms with Gasteiger partial charge in [-0.3, -0.25) is 23.9 Å². The summed E-state index contributed by atoms with van der Waals surface area (Å²) in [7, 11) is 0. The van der Waals surface area contributed by atoms with Crippen LogP contribution in [0.15, 0.2) is 63.6 Å². The highest BCUT2D eigenvalue weighted by molar-refractivity contribution is 8.15. The highest BCUT2D eigenvalue weighted by Gasteiger charge is 2.30. The second-order valence-corrected chi connectivity index (χ2v) is 8.92. The molecule has 0 atom stereocenters. The first-order valence-electron chi connectivity index (χ1n) is 9.99. The van der Waals surface area contributed by atoms with Crippen LogP contribution >= 0.6 is 23.5 Å². The van der Waals surface area contributed by atoms with Crippen molar-refractivity contribution in [3.8, 4) is 0 Å². The quantitative estimate of drug-likeness (QED) is 0.340. The van der Waals surface area contributed by atoms with E-state index >= 15 is 0 Å². The van der Waals surface area contributed by atoms with Crippen molar-refractivity contribution in [1.29, 1.82) is 0 Å². The first kappa shape index (κ1) is 22.1. The number of aromatic nitrogens is 2. The lowest BCUT2D eigenvalue weighted by Gasteiger charge is -2.16. The molecule has 4 rings (SSSR count). The lowest BCUT2D eigenvalue weighted by molar-refractivity contribution is -0.118. The number of aryl methyl sites for hydroxylation is 1. The van der Waals surface area contributed by atoms with Crippen molar-refractivity contribution in [2.45, 2.75) is 25.5 Å². The molecule has 1 N–H and O–H groups in total. The number of hydrogen-bond acceptors (Lipinski definition) is 7. The van der Waals surface area contributed by atoms with Gasteiger partial charge in [-0.2, -0.15) is 0 Å². The van der Waals surface area contributed by atoms with E-state index in [0.717, 1.165) is 5.56 Å². The van der Waals surface area contributed by atoms with E-state index in [9.17, 15) is 14.4 Å². The van der Waals surface area contributed by atoms with E-state index < -0.39 is 0 Å². The fourth-order valence-electron chi connectivity index (χ4n) is 3.20. The van der Waals surface area contributed by atoms with Gasteiger partial charge in [0, 0.05) is 6.54 Å². The third kappa shape index (κ3) is 4.56. The molecular weight excluding hydrogens is 446 g/mol. The molecule has 0 saturated carbocycles. The number of fused-ring (bicyclic) bond motifs is 1. The van der Waals surface area contributed by atoms with Gasteiger partial charge in [0.1, 0.15) is 0 Å². The average molecular weight is 468 g/mol. The zero-order valence-corrected chi connectivity index (χ0v) is 19.2. The van der Waals surface area contributed by atoms with Crippen molar-refractivity contribution in [2.24, 2.45) is 5.10 Å². The first-order valence-corrected chi connectivity index (χ1v) is 12.0. The molecule has 0 bridgehead atoms. The molecule has 0 spiro atoms. The van der Waals surface area contributed by atoms with Crippen LogP contribution in [0, 0.1) is 6.92 Å². The van der Waals surface area contributed by atoms with Crippen molar-refractivity contribution >= 4 is 57.1 Å². The summed E-state index contributed by atoms with van der Waals surface area (Å²) >= 11 is 2.44. The minimum Gasteiger partial charge on any atom is -0.287 e. The molecule has 0 aliphatic carbocycles. The Morgan fingerprint density at radius 3 is 2.69 bits per heavy atom. The van der Waals surface area contributed by atoms with E-state index in [1.54, 1.807) is 22.8 Å². The topological polar surface area (TPSA) is 96.7 Å². The van der Waals surface area contributed by atoms with Crippen molar-refractivity contribution in [1.82, 2.24) is 15.0 Å². The zero-order chi connectivity index (χ0) is 22.7. The van der Waals surface area contributed by atoms with Gasteiger partial charge in [-0.1, -0.05) is 53.4 Å². The molecule has 164 valence electrons. The Kier molecular flexibility index (Phi) is 6.61. The minimum absolute atomic E-state index is 0.0324. The highest BCUT2D eigenvalue weighted by atomic mass is 32.2. The molecule has 3 aromatic rings. The molecule has 0 unspecified atom stereocenters. The number of carbonyl (C=O) groups is 2. The Bertz CT molecular complexity index is 1270. The summed E-state index contributed by atoms with van der Waals surface area (Å²) < 4.78 is 1.55. The van der Waals surface area contributed by atoms with Crippen LogP contribution in [0.1, 0.15) is 12.5 Å². The van der Waals surface area contributed by atoms with Crippen LogP contribution in [0.4, 0.5) is 5.69 Å². The van der Waals surface area contributed by atoms with E-state index in [-0.39, 0.29) is 28.9 Å². The highest BCUT2D eigenvalue weighted by Crippen LogP contribution is 2.26. The average Bonchev–Trinajstić information content (AvgIpc) is 3.17. The molecule has 1 fully saturated rings. The number of nitrogens with one attached hydrogen (secondary N) is 1. The third-order valence-electron chi connectivity index (χ3n) is 4.81. The Hall–Kier alpha value is -3.11. The maximum atomic E-state index is 12.7. The number of carbonyl (C=O) groups excluding carboxylic acids is 2. The minimum atomic E-state index is -0.351. The third-order valence-corrected chi connectivity index (χ3v) is 6.71. The van der Waals surface area contributed by atoms with Gasteiger partial charge in [0.15, 0.2) is 10.3 Å². The summed E-state index contributed by atoms with van der Waals surface area (Å²) in [6, 6.07) is 14.7. The molecule has 1 aromatic heterocycles. The number of hydrogen-bond donors (Lipinski definition) is 1. The maximum absolute atomic E-state index is 12.7. The molecule has 0 radical (unpaired) electrons. The van der Waals surface area contributed by atoms with Gasteiger partial charge in [0.2, 0.25) is 5.91 Å². The summed E-state index contributed by atoms with van der Waals surface area (Å²) in [4.78, 5) is 43.5. The number of para-hydroxylation sites is 1. The van der Waals surface area contributed by atoms with Crippen molar-refractivity contribution in [3.63, 3.8) is 0 Å². The van der Waals surface area contributed by atoms with Crippen molar-refractivity contribution in [2.75, 3.05) is 16.4 Å². The van der Waals surface area contributed by atoms with Gasteiger partial charge >= 0.3 is 0 Å². The van der Waals surface area contributed by atoms with Crippen LogP contribution in [0.5, 0.6) is 0 Å². The molecule has 2 aromatic carbocycles. The van der Waals surface area contributed by atoms with Gasteiger partial charge in [0.05, 0.1) is 28.1 Å². The first-order chi connectivity index (χ1) is 15.5. The lowest BCUT2D eigenvalue weighted by Crippen LogP contribution is -2.32. The molecule has 10 heteroatoms. The second-order valence-electron chi connectivity index (χ2n) is 7.03. The van der Waals surface area contributed by atoms with E-state index in [1.807, 2.05) is 44.2 Å². The second kappa shape index (κ2) is 9.58. The summed E-state index contributed by atoms with van der Waals surface area (Å²) in [5.41, 5.74) is 4.78. The summed E-state index contributed by atoms with van der Waals surface area (Å²) in [6.07, 6.45) is 0. The van der Waals surface area contributed by atoms with Crippen LogP contribution in [0.2, 0.25) is 0 Å². The Labute approximate surface area is 193 Å². The fraction of sp³-hybridized carbons (Fsp3) is 0.227. The van der Waals surface area contributed by atoms with Gasteiger partial charge in [-0.25, -0.2) is 10.4 Å². The standard InChI is InChI=1S/C22H21N5O3S2/c1-3-26-20(30)16-6-4-5-7-17(16)23-21(26)31-12-18(28)24-25-22-27(19(29)13-32-22)15-10-8-14(2)9-11-15/h4-11H,3,12-13H2,1-2H3,(H,24,28)/b25-22-. The zero-order valence-electron chi connectivity index (χ0n) is 17.6. The van der Waals surface area contributed by atoms with Crippen LogP contribution in [-0.4, -0.2) is 38.0 Å². The summed E-state index contributed by atoms with van der Waals surface area (Å²) in [5.74, 6) is -0.142. The van der Waals surface area contributed by atoms with Gasteiger partial charge in [0.25, 0.3) is 11.5 Å². The number of rotatable bonds is 6. The van der Waals surface area contributed by atoms with E-state index in [2.05, 4.69) is 15.5 Å². The van der Waals surface area contributed by atoms with Crippen LogP contribution < -0.4 is 15.9 Å². The molecule has 1 aliphatic heterocycles. The Balaban J connectivity index is 1.46. The number of nitrogens with zero attached hydrogens (tertiary/aromatic N) is 4. The van der Waals surface area contributed by atoms with Crippen LogP contribution in [-0.2, 0) is 16.1 Å². The SMILES string of the molecule is CCn1c(SCC(=O)N/N=C2\SCC(=O)N2c2ccc(C)cc2)nc2ccccc2c1=O. The van der Waals surface area contributed by atoms with E-state index in [4.69, 9.17) is 0 Å². The molecule has 32 heavy (non-hydrogen) atoms. The largest absolute Gasteiger partial charge is 0.287 e. The monoisotopic (exact) mass is 467 g/mol. The smallest absolute Gasteiger partial charge is 0.262 e. The molecular formula is C22H21N5O3S2.